The molecule has 0 saturated heterocycles. The minimum atomic E-state index is -4.57. The summed E-state index contributed by atoms with van der Waals surface area (Å²) in [5.74, 6) is 0. The van der Waals surface area contributed by atoms with Crippen LogP contribution in [0, 0.1) is 10.1 Å². The third kappa shape index (κ3) is 8.35. The van der Waals surface area contributed by atoms with Crippen molar-refractivity contribution in [3.63, 3.8) is 0 Å². The van der Waals surface area contributed by atoms with Crippen molar-refractivity contribution in [3.05, 3.63) is 56.7 Å². The van der Waals surface area contributed by atoms with Crippen LogP contribution in [0.4, 0.5) is 10.5 Å². The number of ether oxygens (including phenoxy) is 1. The molecule has 2 atom stereocenters. The highest BCUT2D eigenvalue weighted by Crippen LogP contribution is 2.38. The molecule has 1 amide bonds. The quantitative estimate of drug-likeness (QED) is 0.0948. The molecular weight excluding hydrogens is 669 g/mol. The van der Waals surface area contributed by atoms with Gasteiger partial charge in [0.25, 0.3) is 15.7 Å². The highest BCUT2D eigenvalue weighted by atomic mass is 127. The first kappa shape index (κ1) is 34.3. The molecule has 1 aliphatic heterocycles. The van der Waals surface area contributed by atoms with E-state index >= 15 is 0 Å². The van der Waals surface area contributed by atoms with Crippen LogP contribution in [0.5, 0.6) is 0 Å². The zero-order chi connectivity index (χ0) is 30.7. The smallest absolute Gasteiger partial charge is 0.410 e. The number of hydrogen-bond donors (Lipinski definition) is 0. The number of benzene rings is 1. The van der Waals surface area contributed by atoms with E-state index in [1.54, 1.807) is 26.8 Å². The van der Waals surface area contributed by atoms with Crippen LogP contribution in [-0.2, 0) is 24.0 Å². The van der Waals surface area contributed by atoms with Gasteiger partial charge in [0.2, 0.25) is 0 Å². The lowest BCUT2D eigenvalue weighted by Crippen LogP contribution is -2.56. The molecule has 1 aliphatic rings. The van der Waals surface area contributed by atoms with Gasteiger partial charge in [-0.3, -0.25) is 19.9 Å². The van der Waals surface area contributed by atoms with E-state index in [0.717, 1.165) is 16.6 Å². The van der Waals surface area contributed by atoms with E-state index in [1.165, 1.54) is 23.1 Å². The topological polar surface area (TPSA) is 129 Å². The molecule has 2 unspecified atom stereocenters. The average molecular weight is 710 g/mol. The zero-order valence-electron chi connectivity index (χ0n) is 24.3. The molecule has 40 heavy (non-hydrogen) atoms. The summed E-state index contributed by atoms with van der Waals surface area (Å²) in [5, 5.41) is 11.6. The number of nitro benzene ring substituents is 1. The highest BCUT2D eigenvalue weighted by Gasteiger charge is 2.45. The molecule has 224 valence electrons. The Labute approximate surface area is 252 Å². The number of carbonyl (C=O) groups excluding carboxylic acids is 1. The maximum Gasteiger partial charge on any atom is 0.410 e. The number of sulfonamides is 1. The Morgan fingerprint density at radius 3 is 2.38 bits per heavy atom. The maximum atomic E-state index is 13.8. The molecule has 0 spiro atoms. The van der Waals surface area contributed by atoms with Gasteiger partial charge in [0.1, 0.15) is 11.6 Å². The molecule has 0 bridgehead atoms. The second-order valence-corrected chi connectivity index (χ2v) is 19.7. The maximum absolute atomic E-state index is 13.8. The predicted octanol–water partition coefficient (Wildman–Crippen LogP) is 6.03. The fourth-order valence-corrected chi connectivity index (χ4v) is 7.16. The molecule has 0 radical (unpaired) electrons. The monoisotopic (exact) mass is 709 g/mol. The van der Waals surface area contributed by atoms with Crippen LogP contribution in [0.15, 0.2) is 51.5 Å². The van der Waals surface area contributed by atoms with Crippen molar-refractivity contribution in [1.82, 2.24) is 9.37 Å². The number of carbonyl (C=O) groups is 1. The van der Waals surface area contributed by atoms with E-state index in [-0.39, 0.29) is 24.8 Å². The lowest BCUT2D eigenvalue weighted by atomic mass is 10.1. The third-order valence-corrected chi connectivity index (χ3v) is 14.0. The number of nitro groups is 1. The van der Waals surface area contributed by atoms with Crippen molar-refractivity contribution in [2.75, 3.05) is 19.8 Å². The van der Waals surface area contributed by atoms with Crippen LogP contribution >= 0.6 is 22.6 Å². The number of para-hydroxylation sites is 1. The number of rotatable bonds is 10. The molecule has 1 aromatic rings. The van der Waals surface area contributed by atoms with E-state index in [4.69, 9.17) is 14.0 Å². The van der Waals surface area contributed by atoms with Crippen LogP contribution in [0.2, 0.25) is 18.1 Å². The van der Waals surface area contributed by atoms with E-state index < -0.39 is 57.6 Å². The Kier molecular flexibility index (Phi) is 11.1. The van der Waals surface area contributed by atoms with Crippen LogP contribution in [0.3, 0.4) is 0 Å². The van der Waals surface area contributed by atoms with Gasteiger partial charge in [-0.1, -0.05) is 43.4 Å². The highest BCUT2D eigenvalue weighted by molar-refractivity contribution is 14.1. The van der Waals surface area contributed by atoms with Crippen molar-refractivity contribution >= 4 is 52.7 Å². The molecule has 2 rings (SSSR count). The summed E-state index contributed by atoms with van der Waals surface area (Å²) in [7, 11) is -6.75. The van der Waals surface area contributed by atoms with Gasteiger partial charge in [-0.2, -0.15) is 0 Å². The molecular formula is C26H40IN3O8SSi. The van der Waals surface area contributed by atoms with Crippen LogP contribution in [-0.4, -0.2) is 74.6 Å². The Hall–Kier alpha value is -1.85. The number of nitrogens with zero attached hydrogens (tertiary/aromatic N) is 3. The van der Waals surface area contributed by atoms with Gasteiger partial charge < -0.3 is 9.16 Å². The van der Waals surface area contributed by atoms with Gasteiger partial charge in [-0.15, -0.1) is 6.58 Å². The number of halogens is 1. The van der Waals surface area contributed by atoms with E-state index in [1.807, 2.05) is 22.6 Å². The van der Waals surface area contributed by atoms with Crippen molar-refractivity contribution in [2.24, 2.45) is 0 Å². The van der Waals surface area contributed by atoms with Crippen LogP contribution in [0.1, 0.15) is 41.5 Å². The number of hydrogen-bond acceptors (Lipinski definition) is 8. The fraction of sp³-hybridized carbons (Fsp3) is 0.577. The Bertz CT molecular complexity index is 1240. The summed E-state index contributed by atoms with van der Waals surface area (Å²) >= 11 is 2.01. The lowest BCUT2D eigenvalue weighted by molar-refractivity contribution is -0.388. The SMILES string of the molecule is C=CCON(C1CN(C(=O)OC(C)(C)C)C(CO[Si](C)(C)C(C)(C)C)C=C1I)S(=O)(=O)c1ccccc1[N+](=O)[O-]. The second kappa shape index (κ2) is 13.0. The normalized spacial score (nSPS) is 18.9. The van der Waals surface area contributed by atoms with Gasteiger partial charge >= 0.3 is 6.09 Å². The summed E-state index contributed by atoms with van der Waals surface area (Å²) in [5.41, 5.74) is -1.39. The van der Waals surface area contributed by atoms with Gasteiger partial charge in [0.05, 0.1) is 24.2 Å². The Morgan fingerprint density at radius 2 is 1.85 bits per heavy atom. The van der Waals surface area contributed by atoms with Crippen molar-refractivity contribution in [3.8, 4) is 0 Å². The van der Waals surface area contributed by atoms with Gasteiger partial charge in [0.15, 0.2) is 13.2 Å². The average Bonchev–Trinajstić information content (AvgIpc) is 2.81. The summed E-state index contributed by atoms with van der Waals surface area (Å²) in [6.45, 7) is 19.2. The molecule has 0 aliphatic carbocycles. The largest absolute Gasteiger partial charge is 0.444 e. The zero-order valence-corrected chi connectivity index (χ0v) is 28.3. The van der Waals surface area contributed by atoms with Crippen molar-refractivity contribution in [2.45, 2.75) is 82.3 Å². The third-order valence-electron chi connectivity index (χ3n) is 6.64. The van der Waals surface area contributed by atoms with E-state index in [9.17, 15) is 23.3 Å². The van der Waals surface area contributed by atoms with Crippen molar-refractivity contribution < 1.29 is 32.1 Å². The van der Waals surface area contributed by atoms with Crippen LogP contribution in [0.25, 0.3) is 0 Å². The Morgan fingerprint density at radius 1 is 1.25 bits per heavy atom. The molecule has 14 heteroatoms. The van der Waals surface area contributed by atoms with Gasteiger partial charge in [-0.05, 0) is 73.6 Å². The van der Waals surface area contributed by atoms with Crippen LogP contribution < -0.4 is 0 Å². The Balaban J connectivity index is 2.60. The minimum absolute atomic E-state index is 0.0639. The first-order chi connectivity index (χ1) is 18.2. The summed E-state index contributed by atoms with van der Waals surface area (Å²) in [6.07, 6.45) is 2.47. The molecule has 0 aromatic heterocycles. The van der Waals surface area contributed by atoms with E-state index in [2.05, 4.69) is 40.4 Å². The molecule has 1 aromatic carbocycles. The second-order valence-electron chi connectivity index (χ2n) is 11.9. The molecule has 1 heterocycles. The molecule has 0 N–H and O–H groups in total. The standard InChI is InChI=1S/C26H40IN3O8SSi/c1-10-15-36-30(39(34,35)23-14-12-11-13-21(23)29(32)33)22-17-28(24(31)38-25(2,3)4)19(16-20(22)27)18-37-40(8,9)26(5,6)7/h10-14,16,19,22H,1,15,17-18H2,2-9H3. The first-order valence-corrected chi connectivity index (χ1v) is 18.2. The number of amides is 1. The van der Waals surface area contributed by atoms with Gasteiger partial charge in [0, 0.05) is 16.2 Å². The summed E-state index contributed by atoms with van der Waals surface area (Å²) < 4.78 is 41.1. The molecule has 11 nitrogen and oxygen atoms in total. The van der Waals surface area contributed by atoms with Gasteiger partial charge in [-0.25, -0.2) is 13.2 Å². The first-order valence-electron chi connectivity index (χ1n) is 12.8. The molecule has 0 fully saturated rings. The fourth-order valence-electron chi connectivity index (χ4n) is 3.52. The number of hydroxylamine groups is 1. The minimum Gasteiger partial charge on any atom is -0.444 e. The molecule has 0 saturated carbocycles. The van der Waals surface area contributed by atoms with E-state index in [0.29, 0.717) is 3.58 Å². The summed E-state index contributed by atoms with van der Waals surface area (Å²) in [4.78, 5) is 30.8. The van der Waals surface area contributed by atoms with Crippen molar-refractivity contribution in [1.29, 1.82) is 0 Å². The predicted molar refractivity (Wildman–Crippen MR) is 164 cm³/mol. The summed E-state index contributed by atoms with van der Waals surface area (Å²) in [6, 6.07) is 3.49. The lowest BCUT2D eigenvalue weighted by Gasteiger charge is -2.43.